The Balaban J connectivity index is 2.19. The van der Waals surface area contributed by atoms with Gasteiger partial charge in [-0.15, -0.1) is 0 Å². The predicted molar refractivity (Wildman–Crippen MR) is 91.0 cm³/mol. The maximum absolute atomic E-state index is 12.5. The second kappa shape index (κ2) is 7.68. The van der Waals surface area contributed by atoms with E-state index in [1.165, 1.54) is 0 Å². The summed E-state index contributed by atoms with van der Waals surface area (Å²) in [5.41, 5.74) is 1.64. The van der Waals surface area contributed by atoms with Crippen molar-refractivity contribution in [3.8, 4) is 11.5 Å². The minimum absolute atomic E-state index is 0.0698. The monoisotopic (exact) mass is 313 g/mol. The molecule has 0 saturated heterocycles. The highest BCUT2D eigenvalue weighted by Gasteiger charge is 2.19. The van der Waals surface area contributed by atoms with Crippen molar-refractivity contribution in [3.63, 3.8) is 0 Å². The van der Waals surface area contributed by atoms with Crippen molar-refractivity contribution < 1.29 is 14.3 Å². The molecule has 4 nitrogen and oxygen atoms in total. The topological polar surface area (TPSA) is 47.6 Å². The second-order valence-corrected chi connectivity index (χ2v) is 5.70. The first-order valence-electron chi connectivity index (χ1n) is 7.64. The Morgan fingerprint density at radius 1 is 0.957 bits per heavy atom. The molecule has 2 aromatic rings. The number of amides is 1. The Morgan fingerprint density at radius 2 is 1.61 bits per heavy atom. The van der Waals surface area contributed by atoms with E-state index in [2.05, 4.69) is 19.2 Å². The number of nitrogens with one attached hydrogen (secondary N) is 1. The van der Waals surface area contributed by atoms with Crippen LogP contribution in [0.15, 0.2) is 48.5 Å². The molecule has 0 fully saturated rings. The van der Waals surface area contributed by atoms with Crippen LogP contribution in [0.2, 0.25) is 0 Å². The van der Waals surface area contributed by atoms with Gasteiger partial charge in [-0.25, -0.2) is 0 Å². The lowest BCUT2D eigenvalue weighted by Gasteiger charge is -2.23. The van der Waals surface area contributed by atoms with Crippen LogP contribution >= 0.6 is 0 Å². The molecule has 1 atom stereocenters. The van der Waals surface area contributed by atoms with Crippen molar-refractivity contribution in [1.82, 2.24) is 5.32 Å². The van der Waals surface area contributed by atoms with Gasteiger partial charge in [-0.1, -0.05) is 32.0 Å². The van der Waals surface area contributed by atoms with Crippen molar-refractivity contribution in [3.05, 3.63) is 59.7 Å². The normalized spacial score (nSPS) is 11.9. The van der Waals surface area contributed by atoms with Crippen LogP contribution in [0, 0.1) is 5.92 Å². The lowest BCUT2D eigenvalue weighted by molar-refractivity contribution is 0.0925. The smallest absolute Gasteiger partial charge is 0.251 e. The summed E-state index contributed by atoms with van der Waals surface area (Å²) < 4.78 is 10.4. The van der Waals surface area contributed by atoms with Gasteiger partial charge in [-0.3, -0.25) is 4.79 Å². The molecule has 1 N–H and O–H groups in total. The molecule has 0 unspecified atom stereocenters. The van der Waals surface area contributed by atoms with Crippen LogP contribution in [-0.4, -0.2) is 20.1 Å². The number of methoxy groups -OCH3 is 2. The van der Waals surface area contributed by atoms with Crippen LogP contribution in [0.4, 0.5) is 0 Å². The second-order valence-electron chi connectivity index (χ2n) is 5.70. The maximum Gasteiger partial charge on any atom is 0.251 e. The number of rotatable bonds is 6. The third kappa shape index (κ3) is 4.25. The standard InChI is InChI=1S/C19H23NO3/c1-13(2)18(14-8-10-16(22-3)11-9-14)20-19(21)15-6-5-7-17(12-15)23-4/h5-13,18H,1-4H3,(H,20,21)/t18-/m1/s1. The van der Waals surface area contributed by atoms with Crippen LogP contribution in [0.1, 0.15) is 35.8 Å². The lowest BCUT2D eigenvalue weighted by Crippen LogP contribution is -2.31. The van der Waals surface area contributed by atoms with E-state index in [0.29, 0.717) is 11.3 Å². The van der Waals surface area contributed by atoms with Crippen LogP contribution in [0.5, 0.6) is 11.5 Å². The summed E-state index contributed by atoms with van der Waals surface area (Å²) >= 11 is 0. The summed E-state index contributed by atoms with van der Waals surface area (Å²) in [6.07, 6.45) is 0. The molecule has 0 aliphatic rings. The van der Waals surface area contributed by atoms with Crippen molar-refractivity contribution >= 4 is 5.91 Å². The van der Waals surface area contributed by atoms with Gasteiger partial charge in [0, 0.05) is 5.56 Å². The Morgan fingerprint density at radius 3 is 2.17 bits per heavy atom. The lowest BCUT2D eigenvalue weighted by atomic mass is 9.95. The van der Waals surface area contributed by atoms with Crippen molar-refractivity contribution in [2.24, 2.45) is 5.92 Å². The number of benzene rings is 2. The van der Waals surface area contributed by atoms with Gasteiger partial charge in [-0.2, -0.15) is 0 Å². The van der Waals surface area contributed by atoms with Crippen molar-refractivity contribution in [1.29, 1.82) is 0 Å². The summed E-state index contributed by atoms with van der Waals surface area (Å²) in [6.45, 7) is 4.17. The van der Waals surface area contributed by atoms with Gasteiger partial charge in [0.1, 0.15) is 11.5 Å². The Hall–Kier alpha value is -2.49. The highest BCUT2D eigenvalue weighted by molar-refractivity contribution is 5.94. The maximum atomic E-state index is 12.5. The fourth-order valence-corrected chi connectivity index (χ4v) is 2.44. The number of carbonyl (C=O) groups is 1. The quantitative estimate of drug-likeness (QED) is 0.881. The molecule has 0 aliphatic carbocycles. The summed E-state index contributed by atoms with van der Waals surface area (Å²) in [5, 5.41) is 3.10. The molecule has 23 heavy (non-hydrogen) atoms. The summed E-state index contributed by atoms with van der Waals surface area (Å²) in [7, 11) is 3.23. The summed E-state index contributed by atoms with van der Waals surface area (Å²) in [5.74, 6) is 1.62. The van der Waals surface area contributed by atoms with Gasteiger partial charge in [0.2, 0.25) is 0 Å². The first-order chi connectivity index (χ1) is 11.0. The molecule has 122 valence electrons. The fraction of sp³-hybridized carbons (Fsp3) is 0.316. The summed E-state index contributed by atoms with van der Waals surface area (Å²) in [6, 6.07) is 14.9. The van der Waals surface area contributed by atoms with Gasteiger partial charge < -0.3 is 14.8 Å². The van der Waals surface area contributed by atoms with Crippen LogP contribution < -0.4 is 14.8 Å². The average molecular weight is 313 g/mol. The van der Waals surface area contributed by atoms with E-state index < -0.39 is 0 Å². The molecule has 2 rings (SSSR count). The predicted octanol–water partition coefficient (Wildman–Crippen LogP) is 3.83. The van der Waals surface area contributed by atoms with Crippen molar-refractivity contribution in [2.75, 3.05) is 14.2 Å². The van der Waals surface area contributed by atoms with E-state index in [0.717, 1.165) is 11.3 Å². The Bertz CT molecular complexity index is 650. The Kier molecular flexibility index (Phi) is 5.63. The van der Waals surface area contributed by atoms with E-state index in [-0.39, 0.29) is 17.9 Å². The van der Waals surface area contributed by atoms with Gasteiger partial charge >= 0.3 is 0 Å². The minimum Gasteiger partial charge on any atom is -0.497 e. The fourth-order valence-electron chi connectivity index (χ4n) is 2.44. The molecular weight excluding hydrogens is 290 g/mol. The highest BCUT2D eigenvalue weighted by atomic mass is 16.5. The molecule has 2 aromatic carbocycles. The molecule has 0 spiro atoms. The first-order valence-corrected chi connectivity index (χ1v) is 7.64. The van der Waals surface area contributed by atoms with Crippen molar-refractivity contribution in [2.45, 2.75) is 19.9 Å². The average Bonchev–Trinajstić information content (AvgIpc) is 2.59. The highest BCUT2D eigenvalue weighted by Crippen LogP contribution is 2.24. The van der Waals surface area contributed by atoms with E-state index in [4.69, 9.17) is 9.47 Å². The van der Waals surface area contributed by atoms with Gasteiger partial charge in [0.05, 0.1) is 20.3 Å². The molecule has 1 amide bonds. The third-order valence-corrected chi connectivity index (χ3v) is 3.76. The molecule has 0 bridgehead atoms. The van der Waals surface area contributed by atoms with E-state index >= 15 is 0 Å². The van der Waals surface area contributed by atoms with E-state index in [1.807, 2.05) is 36.4 Å². The molecule has 0 saturated carbocycles. The number of hydrogen-bond donors (Lipinski definition) is 1. The third-order valence-electron chi connectivity index (χ3n) is 3.76. The number of hydrogen-bond acceptors (Lipinski definition) is 3. The molecule has 0 aliphatic heterocycles. The molecule has 4 heteroatoms. The zero-order valence-corrected chi connectivity index (χ0v) is 14.0. The van der Waals surface area contributed by atoms with Crippen LogP contribution in [0.3, 0.4) is 0 Å². The molecule has 0 radical (unpaired) electrons. The zero-order valence-electron chi connectivity index (χ0n) is 14.0. The van der Waals surface area contributed by atoms with E-state index in [9.17, 15) is 4.79 Å². The Labute approximate surface area is 137 Å². The van der Waals surface area contributed by atoms with Gasteiger partial charge in [-0.05, 0) is 41.8 Å². The first kappa shape index (κ1) is 16.9. The molecule has 0 aromatic heterocycles. The summed E-state index contributed by atoms with van der Waals surface area (Å²) in [4.78, 5) is 12.5. The number of carbonyl (C=O) groups excluding carboxylic acids is 1. The largest absolute Gasteiger partial charge is 0.497 e. The van der Waals surface area contributed by atoms with E-state index in [1.54, 1.807) is 26.4 Å². The van der Waals surface area contributed by atoms with Gasteiger partial charge in [0.15, 0.2) is 0 Å². The zero-order chi connectivity index (χ0) is 16.8. The SMILES string of the molecule is COc1ccc([C@H](NC(=O)c2cccc(OC)c2)C(C)C)cc1. The van der Waals surface area contributed by atoms with Crippen LogP contribution in [-0.2, 0) is 0 Å². The number of ether oxygens (including phenoxy) is 2. The molecule has 0 heterocycles. The van der Waals surface area contributed by atoms with Gasteiger partial charge in [0.25, 0.3) is 5.91 Å². The minimum atomic E-state index is -0.113. The van der Waals surface area contributed by atoms with Crippen LogP contribution in [0.25, 0.3) is 0 Å². The molecular formula is C19H23NO3.